The summed E-state index contributed by atoms with van der Waals surface area (Å²) in [5.74, 6) is 0. The van der Waals surface area contributed by atoms with E-state index in [0.29, 0.717) is 0 Å². The molecule has 1 rings (SSSR count). The van der Waals surface area contributed by atoms with E-state index >= 15 is 0 Å². The molecule has 0 spiro atoms. The first kappa shape index (κ1) is 14.7. The molecule has 0 aliphatic rings. The molecule has 0 bridgehead atoms. The molecular formula is C9H11Cl2NO4S. The fourth-order valence-electron chi connectivity index (χ4n) is 1.30. The van der Waals surface area contributed by atoms with Crippen molar-refractivity contribution < 1.29 is 17.7 Å². The van der Waals surface area contributed by atoms with Crippen LogP contribution in [-0.2, 0) is 14.5 Å². The van der Waals surface area contributed by atoms with Crippen molar-refractivity contribution in [3.05, 3.63) is 33.8 Å². The largest absolute Gasteiger partial charge is 0.390 e. The van der Waals surface area contributed by atoms with E-state index in [2.05, 4.69) is 4.18 Å². The van der Waals surface area contributed by atoms with Crippen LogP contribution in [0.5, 0.6) is 0 Å². The molecule has 0 fully saturated rings. The minimum Gasteiger partial charge on any atom is -0.390 e. The summed E-state index contributed by atoms with van der Waals surface area (Å²) in [7, 11) is -4.23. The summed E-state index contributed by atoms with van der Waals surface area (Å²) < 4.78 is 26.4. The lowest BCUT2D eigenvalue weighted by molar-refractivity contribution is 0.0525. The average molecular weight is 300 g/mol. The minimum atomic E-state index is -4.23. The van der Waals surface area contributed by atoms with Crippen molar-refractivity contribution in [2.24, 2.45) is 5.14 Å². The van der Waals surface area contributed by atoms with Gasteiger partial charge in [-0.3, -0.25) is 0 Å². The Morgan fingerprint density at radius 1 is 1.35 bits per heavy atom. The maximum absolute atomic E-state index is 10.9. The molecule has 0 aromatic heterocycles. The van der Waals surface area contributed by atoms with Gasteiger partial charge in [-0.2, -0.15) is 8.42 Å². The van der Waals surface area contributed by atoms with Gasteiger partial charge in [0.25, 0.3) is 0 Å². The summed E-state index contributed by atoms with van der Waals surface area (Å²) in [6, 6.07) is 4.60. The first-order chi connectivity index (χ1) is 7.72. The second-order valence-electron chi connectivity index (χ2n) is 3.39. The average Bonchev–Trinajstić information content (AvgIpc) is 2.13. The fraction of sp³-hybridized carbons (Fsp3) is 0.333. The predicted molar refractivity (Wildman–Crippen MR) is 65.1 cm³/mol. The van der Waals surface area contributed by atoms with Crippen LogP contribution in [0, 0.1) is 0 Å². The quantitative estimate of drug-likeness (QED) is 0.884. The first-order valence-electron chi connectivity index (χ1n) is 4.55. The maximum atomic E-state index is 10.9. The number of aliphatic hydroxyl groups excluding tert-OH is 1. The molecule has 5 nitrogen and oxygen atoms in total. The van der Waals surface area contributed by atoms with Crippen molar-refractivity contribution in [2.45, 2.75) is 19.1 Å². The molecule has 0 unspecified atom stereocenters. The lowest BCUT2D eigenvalue weighted by Crippen LogP contribution is -2.26. The molecule has 96 valence electrons. The van der Waals surface area contributed by atoms with E-state index in [4.69, 9.17) is 28.3 Å². The normalized spacial score (nSPS) is 15.6. The van der Waals surface area contributed by atoms with Crippen LogP contribution in [0.2, 0.25) is 10.0 Å². The van der Waals surface area contributed by atoms with Gasteiger partial charge in [-0.05, 0) is 19.1 Å². The Morgan fingerprint density at radius 2 is 1.82 bits per heavy atom. The zero-order chi connectivity index (χ0) is 13.2. The molecule has 0 aliphatic heterocycles. The summed E-state index contributed by atoms with van der Waals surface area (Å²) in [5, 5.41) is 14.7. The fourth-order valence-corrected chi connectivity index (χ4v) is 2.46. The molecule has 0 heterocycles. The molecular weight excluding hydrogens is 289 g/mol. The lowest BCUT2D eigenvalue weighted by atomic mass is 10.1. The van der Waals surface area contributed by atoms with Gasteiger partial charge in [-0.1, -0.05) is 29.3 Å². The number of hydrogen-bond donors (Lipinski definition) is 2. The van der Waals surface area contributed by atoms with Crippen LogP contribution < -0.4 is 5.14 Å². The number of nitrogens with two attached hydrogens (primary N) is 1. The third kappa shape index (κ3) is 4.09. The predicted octanol–water partition coefficient (Wildman–Crippen LogP) is 1.64. The van der Waals surface area contributed by atoms with Crippen LogP contribution in [0.15, 0.2) is 18.2 Å². The van der Waals surface area contributed by atoms with E-state index < -0.39 is 22.5 Å². The van der Waals surface area contributed by atoms with Crippen molar-refractivity contribution in [1.82, 2.24) is 0 Å². The minimum absolute atomic E-state index is 0.180. The third-order valence-corrected chi connectivity index (χ3v) is 3.09. The highest BCUT2D eigenvalue weighted by Gasteiger charge is 2.27. The molecule has 0 aliphatic carbocycles. The second-order valence-corrected chi connectivity index (χ2v) is 5.38. The van der Waals surface area contributed by atoms with Crippen molar-refractivity contribution >= 4 is 33.5 Å². The topological polar surface area (TPSA) is 89.6 Å². The molecule has 8 heteroatoms. The smallest absolute Gasteiger partial charge is 0.333 e. The Kier molecular flexibility index (Phi) is 4.77. The molecule has 0 saturated carbocycles. The Labute approximate surface area is 109 Å². The summed E-state index contributed by atoms with van der Waals surface area (Å²) in [4.78, 5) is 0. The van der Waals surface area contributed by atoms with Crippen molar-refractivity contribution in [1.29, 1.82) is 0 Å². The van der Waals surface area contributed by atoms with Crippen LogP contribution in [0.4, 0.5) is 0 Å². The van der Waals surface area contributed by atoms with Crippen LogP contribution in [-0.4, -0.2) is 19.6 Å². The van der Waals surface area contributed by atoms with Crippen molar-refractivity contribution in [2.75, 3.05) is 0 Å². The van der Waals surface area contributed by atoms with Crippen LogP contribution in [0.3, 0.4) is 0 Å². The van der Waals surface area contributed by atoms with E-state index in [0.717, 1.165) is 0 Å². The van der Waals surface area contributed by atoms with Crippen LogP contribution >= 0.6 is 23.2 Å². The maximum Gasteiger partial charge on any atom is 0.333 e. The summed E-state index contributed by atoms with van der Waals surface area (Å²) in [6.07, 6.45) is -2.39. The van der Waals surface area contributed by atoms with E-state index in [1.165, 1.54) is 19.1 Å². The number of halogens is 2. The van der Waals surface area contributed by atoms with E-state index in [-0.39, 0.29) is 15.6 Å². The molecule has 0 amide bonds. The van der Waals surface area contributed by atoms with Gasteiger partial charge in [0.2, 0.25) is 0 Å². The Balaban J connectivity index is 3.24. The van der Waals surface area contributed by atoms with Gasteiger partial charge in [0.05, 0.1) is 6.10 Å². The Bertz CT molecular complexity index is 483. The zero-order valence-electron chi connectivity index (χ0n) is 8.80. The van der Waals surface area contributed by atoms with Crippen LogP contribution in [0.25, 0.3) is 0 Å². The Morgan fingerprint density at radius 3 is 2.18 bits per heavy atom. The number of hydrogen-bond acceptors (Lipinski definition) is 4. The molecule has 0 radical (unpaired) electrons. The number of rotatable bonds is 4. The van der Waals surface area contributed by atoms with Gasteiger partial charge in [0, 0.05) is 15.6 Å². The standard InChI is InChI=1S/C9H11Cl2NO4S/c1-5(13)9(16-17(12,14)15)8-6(10)3-2-4-7(8)11/h2-5,9,13H,1H3,(H2,12,14,15)/t5-,9+/m1/s1. The SMILES string of the molecule is C[C@@H](O)[C@H](OS(N)(=O)=O)c1c(Cl)cccc1Cl. The molecule has 0 saturated heterocycles. The highest BCUT2D eigenvalue weighted by Crippen LogP contribution is 2.34. The van der Waals surface area contributed by atoms with Crippen molar-refractivity contribution in [3.8, 4) is 0 Å². The van der Waals surface area contributed by atoms with E-state index in [1.54, 1.807) is 6.07 Å². The summed E-state index contributed by atoms with van der Waals surface area (Å²) in [6.45, 7) is 1.34. The first-order valence-corrected chi connectivity index (χ1v) is 6.78. The molecule has 3 N–H and O–H groups in total. The Hall–Kier alpha value is -0.370. The van der Waals surface area contributed by atoms with Gasteiger partial charge in [-0.15, -0.1) is 0 Å². The summed E-state index contributed by atoms with van der Waals surface area (Å²) >= 11 is 11.8. The van der Waals surface area contributed by atoms with Crippen LogP contribution in [0.1, 0.15) is 18.6 Å². The second kappa shape index (κ2) is 5.51. The number of benzene rings is 1. The molecule has 1 aromatic carbocycles. The van der Waals surface area contributed by atoms with Gasteiger partial charge < -0.3 is 5.11 Å². The third-order valence-electron chi connectivity index (χ3n) is 1.96. The van der Waals surface area contributed by atoms with Gasteiger partial charge in [-0.25, -0.2) is 9.32 Å². The van der Waals surface area contributed by atoms with Gasteiger partial charge >= 0.3 is 10.3 Å². The summed E-state index contributed by atoms with van der Waals surface area (Å²) in [5.41, 5.74) is 0.180. The van der Waals surface area contributed by atoms with Gasteiger partial charge in [0.1, 0.15) is 6.10 Å². The van der Waals surface area contributed by atoms with E-state index in [1.807, 2.05) is 0 Å². The molecule has 2 atom stereocenters. The van der Waals surface area contributed by atoms with Crippen molar-refractivity contribution in [3.63, 3.8) is 0 Å². The molecule has 17 heavy (non-hydrogen) atoms. The van der Waals surface area contributed by atoms with Gasteiger partial charge in [0.15, 0.2) is 0 Å². The highest BCUT2D eigenvalue weighted by molar-refractivity contribution is 7.84. The molecule has 1 aromatic rings. The zero-order valence-corrected chi connectivity index (χ0v) is 11.1. The number of aliphatic hydroxyl groups is 1. The lowest BCUT2D eigenvalue weighted by Gasteiger charge is -2.21. The highest BCUT2D eigenvalue weighted by atomic mass is 35.5. The monoisotopic (exact) mass is 299 g/mol. The van der Waals surface area contributed by atoms with E-state index in [9.17, 15) is 13.5 Å².